The van der Waals surface area contributed by atoms with E-state index in [1.807, 2.05) is 6.07 Å². The van der Waals surface area contributed by atoms with Gasteiger partial charge in [0, 0.05) is 5.56 Å². The van der Waals surface area contributed by atoms with Crippen molar-refractivity contribution in [2.24, 2.45) is 0 Å². The molecule has 1 aromatic rings. The molecule has 0 aromatic heterocycles. The predicted octanol–water partition coefficient (Wildman–Crippen LogP) is 2.88. The smallest absolute Gasteiger partial charge is 0.173 e. The Morgan fingerprint density at radius 1 is 1.64 bits per heavy atom. The number of halogens is 3. The van der Waals surface area contributed by atoms with E-state index in [1.54, 1.807) is 22.6 Å². The highest BCUT2D eigenvalue weighted by Crippen LogP contribution is 2.18. The quantitative estimate of drug-likeness (QED) is 0.458. The normalized spacial score (nSPS) is 9.57. The van der Waals surface area contributed by atoms with Crippen molar-refractivity contribution >= 4 is 44.3 Å². The van der Waals surface area contributed by atoms with Gasteiger partial charge in [-0.25, -0.2) is 4.39 Å². The van der Waals surface area contributed by atoms with Gasteiger partial charge in [0.2, 0.25) is 0 Å². The highest BCUT2D eigenvalue weighted by molar-refractivity contribution is 14.1. The Balaban J connectivity index is 3.32. The molecule has 0 heterocycles. The molecule has 14 heavy (non-hydrogen) atoms. The van der Waals surface area contributed by atoms with Gasteiger partial charge in [0.25, 0.3) is 0 Å². The number of nitriles is 1. The second-order valence-corrected chi connectivity index (χ2v) is 4.13. The standard InChI is InChI=1S/C9H4BrFINO/c10-3-8(14)5-1-6(4-13)9(12)7(11)2-5/h1-2H,3H2. The molecule has 0 saturated heterocycles. The van der Waals surface area contributed by atoms with Crippen LogP contribution in [0.1, 0.15) is 15.9 Å². The summed E-state index contributed by atoms with van der Waals surface area (Å²) in [7, 11) is 0. The maximum Gasteiger partial charge on any atom is 0.173 e. The van der Waals surface area contributed by atoms with Crippen molar-refractivity contribution in [2.45, 2.75) is 0 Å². The van der Waals surface area contributed by atoms with Gasteiger partial charge in [0.05, 0.1) is 14.5 Å². The van der Waals surface area contributed by atoms with Crippen LogP contribution in [0.5, 0.6) is 0 Å². The maximum atomic E-state index is 13.2. The number of alkyl halides is 1. The summed E-state index contributed by atoms with van der Waals surface area (Å²) in [6, 6.07) is 4.38. The number of ketones is 1. The molecule has 0 bridgehead atoms. The van der Waals surface area contributed by atoms with Crippen LogP contribution in [0.2, 0.25) is 0 Å². The minimum Gasteiger partial charge on any atom is -0.293 e. The first kappa shape index (κ1) is 11.6. The molecule has 0 aliphatic carbocycles. The fraction of sp³-hybridized carbons (Fsp3) is 0.111. The molecule has 0 aliphatic heterocycles. The molecule has 2 nitrogen and oxygen atoms in total. The molecule has 72 valence electrons. The molecule has 0 fully saturated rings. The summed E-state index contributed by atoms with van der Waals surface area (Å²) in [4.78, 5) is 11.2. The summed E-state index contributed by atoms with van der Waals surface area (Å²) < 4.78 is 13.4. The van der Waals surface area contributed by atoms with E-state index in [-0.39, 0.29) is 25.8 Å². The van der Waals surface area contributed by atoms with Gasteiger partial charge in [0.15, 0.2) is 5.78 Å². The highest BCUT2D eigenvalue weighted by atomic mass is 127. The molecular formula is C9H4BrFINO. The third-order valence-electron chi connectivity index (χ3n) is 1.59. The largest absolute Gasteiger partial charge is 0.293 e. The van der Waals surface area contributed by atoms with Gasteiger partial charge in [-0.15, -0.1) is 0 Å². The molecule has 1 aromatic carbocycles. The molecule has 5 heteroatoms. The molecule has 0 N–H and O–H groups in total. The summed E-state index contributed by atoms with van der Waals surface area (Å²) in [6.07, 6.45) is 0. The number of benzene rings is 1. The van der Waals surface area contributed by atoms with Gasteiger partial charge in [0.1, 0.15) is 11.9 Å². The van der Waals surface area contributed by atoms with E-state index in [4.69, 9.17) is 5.26 Å². The molecular weight excluding hydrogens is 364 g/mol. The van der Waals surface area contributed by atoms with Gasteiger partial charge < -0.3 is 0 Å². The summed E-state index contributed by atoms with van der Waals surface area (Å²) in [5, 5.41) is 8.80. The number of rotatable bonds is 2. The fourth-order valence-corrected chi connectivity index (χ4v) is 1.66. The Morgan fingerprint density at radius 2 is 2.29 bits per heavy atom. The highest BCUT2D eigenvalue weighted by Gasteiger charge is 2.12. The first-order valence-electron chi connectivity index (χ1n) is 3.58. The van der Waals surface area contributed by atoms with E-state index in [1.165, 1.54) is 6.07 Å². The summed E-state index contributed by atoms with van der Waals surface area (Å²) in [5.41, 5.74) is 0.409. The van der Waals surface area contributed by atoms with Crippen molar-refractivity contribution in [2.75, 3.05) is 5.33 Å². The van der Waals surface area contributed by atoms with Crippen LogP contribution >= 0.6 is 38.5 Å². The molecule has 0 atom stereocenters. The van der Waals surface area contributed by atoms with Crippen molar-refractivity contribution in [3.63, 3.8) is 0 Å². The monoisotopic (exact) mass is 367 g/mol. The number of carbonyl (C=O) groups is 1. The summed E-state index contributed by atoms with van der Waals surface area (Å²) in [6.45, 7) is 0. The Labute approximate surface area is 102 Å². The molecule has 0 unspecified atom stereocenters. The third-order valence-corrected chi connectivity index (χ3v) is 3.20. The van der Waals surface area contributed by atoms with Crippen LogP contribution < -0.4 is 0 Å². The van der Waals surface area contributed by atoms with Crippen molar-refractivity contribution in [1.29, 1.82) is 5.26 Å². The fourth-order valence-electron chi connectivity index (χ4n) is 0.909. The van der Waals surface area contributed by atoms with Crippen LogP contribution in [0, 0.1) is 20.7 Å². The van der Waals surface area contributed by atoms with E-state index in [0.29, 0.717) is 0 Å². The zero-order valence-electron chi connectivity index (χ0n) is 6.85. The van der Waals surface area contributed by atoms with Gasteiger partial charge in [-0.05, 0) is 34.7 Å². The zero-order chi connectivity index (χ0) is 10.7. The lowest BCUT2D eigenvalue weighted by Gasteiger charge is -2.01. The third kappa shape index (κ3) is 2.30. The average molecular weight is 368 g/mol. The topological polar surface area (TPSA) is 40.9 Å². The molecule has 0 radical (unpaired) electrons. The van der Waals surface area contributed by atoms with E-state index in [0.717, 1.165) is 6.07 Å². The lowest BCUT2D eigenvalue weighted by atomic mass is 10.1. The summed E-state index contributed by atoms with van der Waals surface area (Å²) in [5.74, 6) is -0.772. The minimum atomic E-state index is -0.533. The molecule has 0 amide bonds. The Bertz CT molecular complexity index is 428. The Hall–Kier alpha value is -0.480. The van der Waals surface area contributed by atoms with E-state index >= 15 is 0 Å². The first-order valence-corrected chi connectivity index (χ1v) is 5.78. The van der Waals surface area contributed by atoms with Crippen molar-refractivity contribution in [3.05, 3.63) is 32.6 Å². The van der Waals surface area contributed by atoms with Crippen LogP contribution in [0.4, 0.5) is 4.39 Å². The zero-order valence-corrected chi connectivity index (χ0v) is 10.6. The Kier molecular flexibility index (Phi) is 4.01. The van der Waals surface area contributed by atoms with E-state index in [2.05, 4.69) is 15.9 Å². The molecule has 1 rings (SSSR count). The van der Waals surface area contributed by atoms with Crippen LogP contribution in [-0.4, -0.2) is 11.1 Å². The van der Waals surface area contributed by atoms with Gasteiger partial charge in [-0.2, -0.15) is 5.26 Å². The number of Topliss-reactive ketones (excluding diaryl/α,β-unsaturated/α-hetero) is 1. The lowest BCUT2D eigenvalue weighted by Crippen LogP contribution is -2.02. The molecule has 0 spiro atoms. The van der Waals surface area contributed by atoms with Gasteiger partial charge >= 0.3 is 0 Å². The SMILES string of the molecule is N#Cc1cc(C(=O)CBr)cc(F)c1I. The summed E-state index contributed by atoms with van der Waals surface area (Å²) >= 11 is 4.72. The number of nitrogens with zero attached hydrogens (tertiary/aromatic N) is 1. The van der Waals surface area contributed by atoms with E-state index in [9.17, 15) is 9.18 Å². The van der Waals surface area contributed by atoms with Crippen LogP contribution in [0.25, 0.3) is 0 Å². The van der Waals surface area contributed by atoms with Crippen molar-refractivity contribution < 1.29 is 9.18 Å². The average Bonchev–Trinajstić information content (AvgIpc) is 2.20. The van der Waals surface area contributed by atoms with Crippen LogP contribution in [0.15, 0.2) is 12.1 Å². The second kappa shape index (κ2) is 4.84. The number of hydrogen-bond donors (Lipinski definition) is 0. The van der Waals surface area contributed by atoms with Crippen LogP contribution in [-0.2, 0) is 0 Å². The van der Waals surface area contributed by atoms with Crippen LogP contribution in [0.3, 0.4) is 0 Å². The molecule has 0 saturated carbocycles. The first-order chi connectivity index (χ1) is 6.60. The van der Waals surface area contributed by atoms with Crippen molar-refractivity contribution in [1.82, 2.24) is 0 Å². The number of carbonyl (C=O) groups excluding carboxylic acids is 1. The van der Waals surface area contributed by atoms with Gasteiger partial charge in [-0.3, -0.25) is 4.79 Å². The van der Waals surface area contributed by atoms with Gasteiger partial charge in [-0.1, -0.05) is 15.9 Å². The van der Waals surface area contributed by atoms with E-state index < -0.39 is 5.82 Å². The number of hydrogen-bond acceptors (Lipinski definition) is 2. The predicted molar refractivity (Wildman–Crippen MR) is 62.0 cm³/mol. The second-order valence-electron chi connectivity index (χ2n) is 2.49. The minimum absolute atomic E-state index is 0.123. The van der Waals surface area contributed by atoms with Crippen molar-refractivity contribution in [3.8, 4) is 6.07 Å². The Morgan fingerprint density at radius 3 is 2.79 bits per heavy atom. The maximum absolute atomic E-state index is 13.2. The molecule has 0 aliphatic rings. The lowest BCUT2D eigenvalue weighted by molar-refractivity contribution is 0.102.